The topological polar surface area (TPSA) is 21.7 Å². The Balaban J connectivity index is 1.83. The van der Waals surface area contributed by atoms with Crippen molar-refractivity contribution >= 4 is 5.57 Å². The van der Waals surface area contributed by atoms with Crippen LogP contribution in [-0.4, -0.2) is 37.7 Å². The van der Waals surface area contributed by atoms with Crippen LogP contribution < -0.4 is 4.74 Å². The van der Waals surface area contributed by atoms with Crippen molar-refractivity contribution in [1.29, 1.82) is 0 Å². The monoisotopic (exact) mass is 307 g/mol. The fourth-order valence-electron chi connectivity index (χ4n) is 3.30. The van der Waals surface area contributed by atoms with Crippen LogP contribution in [0.2, 0.25) is 0 Å². The van der Waals surface area contributed by atoms with Crippen LogP contribution in [0.4, 0.5) is 0 Å². The molecule has 0 radical (unpaired) electrons. The van der Waals surface area contributed by atoms with E-state index in [9.17, 15) is 0 Å². The Kier molecular flexibility index (Phi) is 3.90. The summed E-state index contributed by atoms with van der Waals surface area (Å²) in [5, 5.41) is 0. The van der Waals surface area contributed by atoms with Crippen molar-refractivity contribution in [3.05, 3.63) is 71.3 Å². The molecular weight excluding hydrogens is 286 g/mol. The van der Waals surface area contributed by atoms with Crippen LogP contribution >= 0.6 is 0 Å². The van der Waals surface area contributed by atoms with Gasteiger partial charge in [0.25, 0.3) is 0 Å². The first kappa shape index (κ1) is 14.5. The van der Waals surface area contributed by atoms with Crippen LogP contribution in [0.1, 0.15) is 16.7 Å². The van der Waals surface area contributed by atoms with E-state index < -0.39 is 0 Å². The number of rotatable bonds is 1. The second kappa shape index (κ2) is 6.19. The summed E-state index contributed by atoms with van der Waals surface area (Å²) >= 11 is 0. The van der Waals surface area contributed by atoms with Crippen molar-refractivity contribution in [2.45, 2.75) is 12.7 Å². The quantitative estimate of drug-likeness (QED) is 0.806. The number of benzene rings is 2. The zero-order valence-corrected chi connectivity index (χ0v) is 13.4. The summed E-state index contributed by atoms with van der Waals surface area (Å²) < 4.78 is 12.0. The molecule has 1 unspecified atom stereocenters. The fourth-order valence-corrected chi connectivity index (χ4v) is 3.30. The third kappa shape index (κ3) is 2.90. The van der Waals surface area contributed by atoms with Crippen molar-refractivity contribution < 1.29 is 9.47 Å². The average Bonchev–Trinajstić information content (AvgIpc) is 2.73. The Morgan fingerprint density at radius 1 is 1.04 bits per heavy atom. The molecule has 0 N–H and O–H groups in total. The lowest BCUT2D eigenvalue weighted by molar-refractivity contribution is 0.00724. The lowest BCUT2D eigenvalue weighted by Crippen LogP contribution is -2.39. The maximum absolute atomic E-state index is 6.02. The number of hydrogen-bond donors (Lipinski definition) is 0. The Morgan fingerprint density at radius 3 is 2.70 bits per heavy atom. The molecule has 3 nitrogen and oxygen atoms in total. The molecule has 2 aliphatic heterocycles. The molecule has 0 amide bonds. The number of para-hydroxylation sites is 1. The first-order chi connectivity index (χ1) is 11.3. The van der Waals surface area contributed by atoms with E-state index in [1.807, 2.05) is 12.1 Å². The zero-order valence-electron chi connectivity index (χ0n) is 13.4. The Morgan fingerprint density at radius 2 is 1.83 bits per heavy atom. The summed E-state index contributed by atoms with van der Waals surface area (Å²) in [6.45, 7) is 3.31. The van der Waals surface area contributed by atoms with E-state index in [-0.39, 0.29) is 6.10 Å². The summed E-state index contributed by atoms with van der Waals surface area (Å²) in [7, 11) is 2.14. The highest BCUT2D eigenvalue weighted by Gasteiger charge is 2.22. The van der Waals surface area contributed by atoms with Crippen molar-refractivity contribution in [2.75, 3.05) is 26.7 Å². The number of morpholine rings is 1. The number of fused-ring (bicyclic) bond motifs is 2. The molecule has 2 aromatic rings. The molecule has 3 heteroatoms. The van der Waals surface area contributed by atoms with Gasteiger partial charge in [0, 0.05) is 18.7 Å². The van der Waals surface area contributed by atoms with Gasteiger partial charge in [0.1, 0.15) is 12.4 Å². The van der Waals surface area contributed by atoms with Crippen molar-refractivity contribution in [3.63, 3.8) is 0 Å². The van der Waals surface area contributed by atoms with Gasteiger partial charge < -0.3 is 14.4 Å². The molecule has 1 saturated heterocycles. The molecule has 2 aromatic carbocycles. The van der Waals surface area contributed by atoms with Gasteiger partial charge in [0.05, 0.1) is 12.7 Å². The first-order valence-electron chi connectivity index (χ1n) is 8.14. The van der Waals surface area contributed by atoms with Crippen LogP contribution in [0, 0.1) is 0 Å². The molecular formula is C20H21NO2. The maximum Gasteiger partial charge on any atom is 0.127 e. The third-order valence-electron chi connectivity index (χ3n) is 4.52. The van der Waals surface area contributed by atoms with Crippen molar-refractivity contribution in [3.8, 4) is 5.75 Å². The first-order valence-corrected chi connectivity index (χ1v) is 8.14. The van der Waals surface area contributed by atoms with E-state index in [0.29, 0.717) is 6.61 Å². The predicted octanol–water partition coefficient (Wildman–Crippen LogP) is 3.34. The van der Waals surface area contributed by atoms with Crippen LogP contribution in [-0.2, 0) is 11.3 Å². The predicted molar refractivity (Wildman–Crippen MR) is 91.5 cm³/mol. The number of hydrogen-bond acceptors (Lipinski definition) is 3. The largest absolute Gasteiger partial charge is 0.488 e. The molecule has 23 heavy (non-hydrogen) atoms. The highest BCUT2D eigenvalue weighted by atomic mass is 16.5. The Hall–Kier alpha value is -2.10. The molecule has 0 spiro atoms. The summed E-state index contributed by atoms with van der Waals surface area (Å²) in [5.41, 5.74) is 4.83. The van der Waals surface area contributed by atoms with Crippen LogP contribution in [0.5, 0.6) is 5.75 Å². The highest BCUT2D eigenvalue weighted by Crippen LogP contribution is 2.37. The molecule has 4 rings (SSSR count). The molecule has 1 fully saturated rings. The smallest absolute Gasteiger partial charge is 0.127 e. The van der Waals surface area contributed by atoms with E-state index in [1.165, 1.54) is 16.7 Å². The molecule has 0 bridgehead atoms. The summed E-state index contributed by atoms with van der Waals surface area (Å²) in [6.07, 6.45) is 2.38. The van der Waals surface area contributed by atoms with Crippen LogP contribution in [0.25, 0.3) is 5.57 Å². The minimum absolute atomic E-state index is 0.114. The van der Waals surface area contributed by atoms with E-state index in [2.05, 4.69) is 54.4 Å². The second-order valence-corrected chi connectivity index (χ2v) is 6.19. The van der Waals surface area contributed by atoms with Crippen molar-refractivity contribution in [2.24, 2.45) is 0 Å². The molecule has 118 valence electrons. The molecule has 1 atom stereocenters. The zero-order chi connectivity index (χ0) is 15.6. The lowest BCUT2D eigenvalue weighted by atomic mass is 9.93. The molecule has 0 saturated carbocycles. The minimum atomic E-state index is 0.114. The minimum Gasteiger partial charge on any atom is -0.488 e. The number of ether oxygens (including phenoxy) is 2. The molecule has 0 aromatic heterocycles. The van der Waals surface area contributed by atoms with E-state index in [0.717, 1.165) is 31.0 Å². The van der Waals surface area contributed by atoms with Gasteiger partial charge in [0.15, 0.2) is 0 Å². The van der Waals surface area contributed by atoms with Gasteiger partial charge in [-0.25, -0.2) is 0 Å². The summed E-state index contributed by atoms with van der Waals surface area (Å²) in [6, 6.07) is 16.8. The van der Waals surface area contributed by atoms with Gasteiger partial charge in [-0.3, -0.25) is 0 Å². The maximum atomic E-state index is 6.02. The van der Waals surface area contributed by atoms with Crippen LogP contribution in [0.15, 0.2) is 54.6 Å². The third-order valence-corrected chi connectivity index (χ3v) is 4.52. The number of likely N-dealkylation sites (N-methyl/N-ethyl adjacent to an activating group) is 1. The standard InChI is InChI=1S/C20H21NO2/c1-21-10-11-22-16(13-21)12-19-17-7-3-2-6-15(17)14-23-20-9-5-4-8-18(19)20/h2-9,12,16H,10-11,13-14H2,1H3/b19-12-. The van der Waals surface area contributed by atoms with Gasteiger partial charge in [-0.15, -0.1) is 0 Å². The Bertz CT molecular complexity index is 688. The second-order valence-electron chi connectivity index (χ2n) is 6.19. The number of nitrogens with zero attached hydrogens (tertiary/aromatic N) is 1. The summed E-state index contributed by atoms with van der Waals surface area (Å²) in [4.78, 5) is 2.32. The van der Waals surface area contributed by atoms with Gasteiger partial charge in [-0.1, -0.05) is 42.5 Å². The van der Waals surface area contributed by atoms with E-state index >= 15 is 0 Å². The normalized spacial score (nSPS) is 22.8. The summed E-state index contributed by atoms with van der Waals surface area (Å²) in [5.74, 6) is 0.944. The van der Waals surface area contributed by atoms with E-state index in [4.69, 9.17) is 9.47 Å². The average molecular weight is 307 g/mol. The Labute approximate surface area is 137 Å². The van der Waals surface area contributed by atoms with Crippen molar-refractivity contribution in [1.82, 2.24) is 4.90 Å². The molecule has 2 heterocycles. The molecule has 2 aliphatic rings. The lowest BCUT2D eigenvalue weighted by Gasteiger charge is -2.29. The molecule has 0 aliphatic carbocycles. The van der Waals surface area contributed by atoms with Gasteiger partial charge in [-0.05, 0) is 35.9 Å². The van der Waals surface area contributed by atoms with E-state index in [1.54, 1.807) is 0 Å². The van der Waals surface area contributed by atoms with Gasteiger partial charge in [0.2, 0.25) is 0 Å². The SMILES string of the molecule is CN1CCOC(/C=C2/c3ccccc3COc3ccccc32)C1. The fraction of sp³-hybridized carbons (Fsp3) is 0.300. The van der Waals surface area contributed by atoms with Gasteiger partial charge in [-0.2, -0.15) is 0 Å². The highest BCUT2D eigenvalue weighted by molar-refractivity contribution is 5.85. The van der Waals surface area contributed by atoms with Gasteiger partial charge >= 0.3 is 0 Å². The van der Waals surface area contributed by atoms with Crippen LogP contribution in [0.3, 0.4) is 0 Å².